The number of hydrogen-bond acceptors (Lipinski definition) is 2. The molecule has 119 valence electrons. The summed E-state index contributed by atoms with van der Waals surface area (Å²) in [5.41, 5.74) is 0. The van der Waals surface area contributed by atoms with Crippen molar-refractivity contribution in [2.45, 2.75) is 50.3 Å². The first kappa shape index (κ1) is 25.7. The van der Waals surface area contributed by atoms with Gasteiger partial charge >= 0.3 is 83.5 Å². The molecule has 0 saturated carbocycles. The fourth-order valence-corrected chi connectivity index (χ4v) is 1.24. The molecule has 6 nitrogen and oxygen atoms in total. The summed E-state index contributed by atoms with van der Waals surface area (Å²) in [6, 6.07) is 0. The predicted octanol–water partition coefficient (Wildman–Crippen LogP) is 1.69. The molecule has 0 aliphatic carbocycles. The molecule has 19 heavy (non-hydrogen) atoms. The molecular formula is C8H23MoO6P2S2. The van der Waals surface area contributed by atoms with E-state index in [4.69, 9.17) is 29.4 Å². The molecule has 0 amide bonds. The van der Waals surface area contributed by atoms with E-state index in [2.05, 4.69) is 57.3 Å². The second kappa shape index (κ2) is 14.7. The molecule has 0 aromatic carbocycles. The third-order valence-electron chi connectivity index (χ3n) is 1.58. The van der Waals surface area contributed by atoms with Gasteiger partial charge in [-0.1, -0.05) is 0 Å². The summed E-state index contributed by atoms with van der Waals surface area (Å²) in [7, 11) is 0. The van der Waals surface area contributed by atoms with Crippen LogP contribution in [-0.2, 0) is 43.4 Å². The molecule has 6 N–H and O–H groups in total. The predicted molar refractivity (Wildman–Crippen MR) is 80.1 cm³/mol. The van der Waals surface area contributed by atoms with Gasteiger partial charge in [-0.2, -0.15) is 0 Å². The van der Waals surface area contributed by atoms with Crippen molar-refractivity contribution in [1.82, 2.24) is 0 Å². The van der Waals surface area contributed by atoms with Crippen LogP contribution in [0.5, 0.6) is 0 Å². The van der Waals surface area contributed by atoms with E-state index in [1.165, 1.54) is 32.1 Å². The molecule has 1 atom stereocenters. The molecule has 0 aliphatic rings. The van der Waals surface area contributed by atoms with Crippen LogP contribution in [0.2, 0.25) is 4.31 Å². The zero-order valence-electron chi connectivity index (χ0n) is 10.9. The molecular weight excluding hydrogens is 414 g/mol. The van der Waals surface area contributed by atoms with Crippen LogP contribution in [0.25, 0.3) is 0 Å². The zero-order valence-corrected chi connectivity index (χ0v) is 16.3. The van der Waals surface area contributed by atoms with Gasteiger partial charge in [-0.15, -0.1) is 0 Å². The third-order valence-corrected chi connectivity index (χ3v) is 2.98. The Bertz CT molecular complexity index is 246. The van der Waals surface area contributed by atoms with E-state index in [9.17, 15) is 0 Å². The second-order valence-electron chi connectivity index (χ2n) is 3.55. The molecule has 0 heterocycles. The van der Waals surface area contributed by atoms with Crippen molar-refractivity contribution in [2.24, 2.45) is 0 Å². The molecule has 0 radical (unpaired) electrons. The quantitative estimate of drug-likeness (QED) is 0.218. The van der Waals surface area contributed by atoms with Crippen LogP contribution < -0.4 is 0 Å². The summed E-state index contributed by atoms with van der Waals surface area (Å²) in [4.78, 5) is 45.3. The minimum atomic E-state index is -3.81. The van der Waals surface area contributed by atoms with Crippen molar-refractivity contribution in [3.8, 4) is 0 Å². The largest absolute Gasteiger partial charge is 0.325 e. The van der Waals surface area contributed by atoms with Gasteiger partial charge in [-0.3, -0.25) is 0 Å². The second-order valence-corrected chi connectivity index (χ2v) is 10.2. The summed E-state index contributed by atoms with van der Waals surface area (Å²) in [5, 5.41) is 0. The summed E-state index contributed by atoms with van der Waals surface area (Å²) in [6.07, 6.45) is 7.01. The van der Waals surface area contributed by atoms with Crippen molar-refractivity contribution >= 4 is 37.1 Å². The molecule has 11 heteroatoms. The third kappa shape index (κ3) is 81.3. The standard InChI is InChI=1S/C8H17.Mo.2H3O3PS/c1-3-5-7-8-6-4-2;;2*1-4(2,3)5/h5H,3-4,6-8H2,1-2H3;;2*(H3,1,2,3,5). The molecule has 0 aromatic rings. The minimum absolute atomic E-state index is 0.965. The van der Waals surface area contributed by atoms with Gasteiger partial charge in [0.15, 0.2) is 0 Å². The summed E-state index contributed by atoms with van der Waals surface area (Å²) in [5.74, 6) is 0. The smallest absolute Gasteiger partial charge is 0.319 e. The van der Waals surface area contributed by atoms with E-state index in [-0.39, 0.29) is 0 Å². The monoisotopic (exact) mass is 439 g/mol. The average Bonchev–Trinajstić information content (AvgIpc) is 2.12. The van der Waals surface area contributed by atoms with Gasteiger partial charge in [0, 0.05) is 0 Å². The summed E-state index contributed by atoms with van der Waals surface area (Å²) < 4.78 is 0.965. The van der Waals surface area contributed by atoms with E-state index >= 15 is 0 Å². The fraction of sp³-hybridized carbons (Fsp3) is 1.00. The normalized spacial score (nSPS) is 12.6. The number of hydrogen-bond donors (Lipinski definition) is 6. The molecule has 0 bridgehead atoms. The van der Waals surface area contributed by atoms with E-state index in [0.29, 0.717) is 0 Å². The maximum atomic E-state index is 7.56. The Kier molecular flexibility index (Phi) is 19.8. The fourth-order valence-electron chi connectivity index (χ4n) is 0.826. The van der Waals surface area contributed by atoms with Crippen molar-refractivity contribution in [3.05, 3.63) is 0 Å². The van der Waals surface area contributed by atoms with E-state index in [1.54, 1.807) is 0 Å². The number of rotatable bonds is 5. The van der Waals surface area contributed by atoms with Crippen LogP contribution in [-0.4, -0.2) is 29.4 Å². The molecule has 0 aromatic heterocycles. The van der Waals surface area contributed by atoms with Crippen molar-refractivity contribution in [3.63, 3.8) is 0 Å². The van der Waals surface area contributed by atoms with Crippen LogP contribution in [0, 0.1) is 0 Å². The van der Waals surface area contributed by atoms with Crippen molar-refractivity contribution in [2.75, 3.05) is 0 Å². The average molecular weight is 437 g/mol. The van der Waals surface area contributed by atoms with Gasteiger partial charge in [0.05, 0.1) is 0 Å². The molecule has 0 aliphatic heterocycles. The Balaban J connectivity index is -0.000000219. The molecule has 0 fully saturated rings. The molecule has 0 saturated heterocycles. The van der Waals surface area contributed by atoms with Crippen LogP contribution in [0.3, 0.4) is 0 Å². The first-order valence-electron chi connectivity index (χ1n) is 5.53. The Labute approximate surface area is 136 Å². The van der Waals surface area contributed by atoms with E-state index in [1.807, 2.05) is 0 Å². The number of unbranched alkanes of at least 4 members (excludes halogenated alkanes) is 2. The van der Waals surface area contributed by atoms with Crippen LogP contribution >= 0.6 is 13.4 Å². The maximum absolute atomic E-state index is 7.56. The van der Waals surface area contributed by atoms with Crippen LogP contribution in [0.15, 0.2) is 0 Å². The Hall–Kier alpha value is 1.75. The van der Waals surface area contributed by atoms with Gasteiger partial charge in [0.2, 0.25) is 0 Å². The Morgan fingerprint density at radius 1 is 0.895 bits per heavy atom. The zero-order chi connectivity index (χ0) is 16.1. The van der Waals surface area contributed by atoms with Gasteiger partial charge < -0.3 is 29.4 Å². The first-order chi connectivity index (χ1) is 8.31. The Morgan fingerprint density at radius 2 is 1.21 bits per heavy atom. The minimum Gasteiger partial charge on any atom is -0.325 e. The van der Waals surface area contributed by atoms with E-state index in [0.717, 1.165) is 4.31 Å². The van der Waals surface area contributed by atoms with Crippen LogP contribution in [0.4, 0.5) is 0 Å². The van der Waals surface area contributed by atoms with Gasteiger partial charge in [0.25, 0.3) is 0 Å². The summed E-state index contributed by atoms with van der Waals surface area (Å²) >= 11 is 9.48. The Morgan fingerprint density at radius 3 is 1.42 bits per heavy atom. The van der Waals surface area contributed by atoms with Crippen molar-refractivity contribution < 1.29 is 49.2 Å². The SMILES string of the molecule is CCCCC[CH]([Mo])CC.OP(O)(O)=S.OP(O)(O)=S. The topological polar surface area (TPSA) is 121 Å². The van der Waals surface area contributed by atoms with Crippen LogP contribution in [0.1, 0.15) is 46.0 Å². The molecule has 0 spiro atoms. The van der Waals surface area contributed by atoms with Gasteiger partial charge in [-0.25, -0.2) is 0 Å². The first-order valence-corrected chi connectivity index (χ1v) is 12.0. The van der Waals surface area contributed by atoms with Gasteiger partial charge in [-0.05, 0) is 23.6 Å². The van der Waals surface area contributed by atoms with Crippen molar-refractivity contribution in [1.29, 1.82) is 0 Å². The molecule has 0 rings (SSSR count). The van der Waals surface area contributed by atoms with E-state index < -0.39 is 13.4 Å². The van der Waals surface area contributed by atoms with Gasteiger partial charge in [0.1, 0.15) is 0 Å². The maximum Gasteiger partial charge on any atom is 0.319 e. The molecule has 1 unspecified atom stereocenters. The summed E-state index contributed by atoms with van der Waals surface area (Å²) in [6.45, 7) is -3.07.